The Morgan fingerprint density at radius 3 is 2.50 bits per heavy atom. The van der Waals surface area contributed by atoms with E-state index >= 15 is 0 Å². The van der Waals surface area contributed by atoms with Crippen molar-refractivity contribution >= 4 is 5.91 Å². The summed E-state index contributed by atoms with van der Waals surface area (Å²) in [5.74, 6) is -0.679. The van der Waals surface area contributed by atoms with Crippen LogP contribution >= 0.6 is 0 Å². The van der Waals surface area contributed by atoms with Gasteiger partial charge in [0, 0.05) is 6.61 Å². The zero-order valence-corrected chi connectivity index (χ0v) is 9.10. The molecule has 0 fully saturated rings. The summed E-state index contributed by atoms with van der Waals surface area (Å²) < 4.78 is 35.3. The Labute approximate surface area is 92.2 Å². The SMILES string of the molecule is CC(NCCCCO)C(=O)NCC(F)(F)F. The van der Waals surface area contributed by atoms with E-state index in [1.165, 1.54) is 6.92 Å². The van der Waals surface area contributed by atoms with Crippen LogP contribution in [0.4, 0.5) is 13.2 Å². The summed E-state index contributed by atoms with van der Waals surface area (Å²) in [5.41, 5.74) is 0. The summed E-state index contributed by atoms with van der Waals surface area (Å²) >= 11 is 0. The van der Waals surface area contributed by atoms with Crippen molar-refractivity contribution < 1.29 is 23.1 Å². The quantitative estimate of drug-likeness (QED) is 0.567. The molecule has 3 N–H and O–H groups in total. The Morgan fingerprint density at radius 1 is 1.38 bits per heavy atom. The van der Waals surface area contributed by atoms with Gasteiger partial charge in [0.15, 0.2) is 0 Å². The summed E-state index contributed by atoms with van der Waals surface area (Å²) in [4.78, 5) is 11.1. The third-order valence-corrected chi connectivity index (χ3v) is 1.89. The van der Waals surface area contributed by atoms with Gasteiger partial charge in [-0.2, -0.15) is 13.2 Å². The highest BCUT2D eigenvalue weighted by atomic mass is 19.4. The van der Waals surface area contributed by atoms with Gasteiger partial charge in [0.25, 0.3) is 0 Å². The lowest BCUT2D eigenvalue weighted by molar-refractivity contribution is -0.139. The molecule has 0 spiro atoms. The fraction of sp³-hybridized carbons (Fsp3) is 0.889. The van der Waals surface area contributed by atoms with Gasteiger partial charge < -0.3 is 15.7 Å². The molecule has 0 aromatic rings. The Balaban J connectivity index is 3.65. The third-order valence-electron chi connectivity index (χ3n) is 1.89. The smallest absolute Gasteiger partial charge is 0.396 e. The fourth-order valence-corrected chi connectivity index (χ4v) is 0.989. The van der Waals surface area contributed by atoms with E-state index in [1.807, 2.05) is 0 Å². The van der Waals surface area contributed by atoms with Crippen molar-refractivity contribution in [3.05, 3.63) is 0 Å². The van der Waals surface area contributed by atoms with E-state index in [2.05, 4.69) is 5.32 Å². The Morgan fingerprint density at radius 2 is 2.00 bits per heavy atom. The molecule has 0 bridgehead atoms. The molecule has 0 aromatic heterocycles. The average Bonchev–Trinajstić information content (AvgIpc) is 2.19. The first-order valence-corrected chi connectivity index (χ1v) is 5.05. The second-order valence-electron chi connectivity index (χ2n) is 3.44. The zero-order chi connectivity index (χ0) is 12.6. The van der Waals surface area contributed by atoms with E-state index in [0.717, 1.165) is 0 Å². The molecule has 7 heteroatoms. The van der Waals surface area contributed by atoms with Gasteiger partial charge in [-0.3, -0.25) is 4.79 Å². The number of hydrogen-bond donors (Lipinski definition) is 3. The molecule has 0 aliphatic rings. The fourth-order valence-electron chi connectivity index (χ4n) is 0.989. The lowest BCUT2D eigenvalue weighted by Gasteiger charge is -2.14. The highest BCUT2D eigenvalue weighted by Crippen LogP contribution is 2.12. The number of aliphatic hydroxyl groups is 1. The van der Waals surface area contributed by atoms with E-state index in [0.29, 0.717) is 19.4 Å². The standard InChI is InChI=1S/C9H17F3N2O2/c1-7(13-4-2-3-5-15)8(16)14-6-9(10,11)12/h7,13,15H,2-6H2,1H3,(H,14,16). The van der Waals surface area contributed by atoms with E-state index in [9.17, 15) is 18.0 Å². The summed E-state index contributed by atoms with van der Waals surface area (Å²) in [6.45, 7) is 0.733. The summed E-state index contributed by atoms with van der Waals surface area (Å²) in [5, 5.41) is 13.0. The first-order valence-electron chi connectivity index (χ1n) is 5.05. The number of carbonyl (C=O) groups is 1. The Kier molecular flexibility index (Phi) is 7.07. The van der Waals surface area contributed by atoms with Gasteiger partial charge in [0.1, 0.15) is 6.54 Å². The molecular formula is C9H17F3N2O2. The molecule has 1 unspecified atom stereocenters. The number of carbonyl (C=O) groups excluding carboxylic acids is 1. The van der Waals surface area contributed by atoms with Crippen molar-refractivity contribution in [3.63, 3.8) is 0 Å². The number of amides is 1. The van der Waals surface area contributed by atoms with E-state index in [-0.39, 0.29) is 6.61 Å². The predicted octanol–water partition coefficient (Wildman–Crippen LogP) is 0.415. The van der Waals surface area contributed by atoms with Gasteiger partial charge in [0.05, 0.1) is 6.04 Å². The van der Waals surface area contributed by atoms with Crippen LogP contribution in [0.15, 0.2) is 0 Å². The maximum atomic E-state index is 11.8. The molecular weight excluding hydrogens is 225 g/mol. The molecule has 0 heterocycles. The minimum atomic E-state index is -4.38. The van der Waals surface area contributed by atoms with Crippen molar-refractivity contribution in [3.8, 4) is 0 Å². The number of halogens is 3. The maximum absolute atomic E-state index is 11.8. The van der Waals surface area contributed by atoms with E-state index in [1.54, 1.807) is 5.32 Å². The lowest BCUT2D eigenvalue weighted by atomic mass is 10.2. The van der Waals surface area contributed by atoms with Crippen molar-refractivity contribution in [1.29, 1.82) is 0 Å². The van der Waals surface area contributed by atoms with Gasteiger partial charge in [-0.1, -0.05) is 0 Å². The van der Waals surface area contributed by atoms with Crippen LogP contribution in [0.1, 0.15) is 19.8 Å². The second kappa shape index (κ2) is 7.45. The summed E-state index contributed by atoms with van der Waals surface area (Å²) in [7, 11) is 0. The normalized spacial score (nSPS) is 13.6. The van der Waals surface area contributed by atoms with Crippen LogP contribution in [0.5, 0.6) is 0 Å². The molecule has 0 aromatic carbocycles. The molecule has 96 valence electrons. The van der Waals surface area contributed by atoms with Crippen molar-refractivity contribution in [1.82, 2.24) is 10.6 Å². The largest absolute Gasteiger partial charge is 0.405 e. The number of alkyl halides is 3. The maximum Gasteiger partial charge on any atom is 0.405 e. The van der Waals surface area contributed by atoms with Gasteiger partial charge in [-0.15, -0.1) is 0 Å². The summed E-state index contributed by atoms with van der Waals surface area (Å²) in [6, 6.07) is -0.666. The summed E-state index contributed by atoms with van der Waals surface area (Å²) in [6.07, 6.45) is -3.11. The molecule has 0 aliphatic heterocycles. The van der Waals surface area contributed by atoms with Gasteiger partial charge in [-0.25, -0.2) is 0 Å². The molecule has 4 nitrogen and oxygen atoms in total. The topological polar surface area (TPSA) is 61.4 Å². The number of unbranched alkanes of at least 4 members (excludes halogenated alkanes) is 1. The van der Waals surface area contributed by atoms with Crippen LogP contribution in [0, 0.1) is 0 Å². The second-order valence-corrected chi connectivity index (χ2v) is 3.44. The van der Waals surface area contributed by atoms with Gasteiger partial charge in [0.2, 0.25) is 5.91 Å². The van der Waals surface area contributed by atoms with Crippen molar-refractivity contribution in [2.45, 2.75) is 32.0 Å². The molecule has 0 saturated heterocycles. The van der Waals surface area contributed by atoms with Crippen LogP contribution in [0.3, 0.4) is 0 Å². The Bertz CT molecular complexity index is 209. The zero-order valence-electron chi connectivity index (χ0n) is 9.10. The molecule has 1 amide bonds. The van der Waals surface area contributed by atoms with Crippen LogP contribution in [0.2, 0.25) is 0 Å². The molecule has 0 aliphatic carbocycles. The third kappa shape index (κ3) is 8.49. The minimum absolute atomic E-state index is 0.0658. The molecule has 0 rings (SSSR count). The van der Waals surface area contributed by atoms with Crippen molar-refractivity contribution in [2.24, 2.45) is 0 Å². The van der Waals surface area contributed by atoms with E-state index < -0.39 is 24.7 Å². The van der Waals surface area contributed by atoms with Gasteiger partial charge >= 0.3 is 6.18 Å². The first-order chi connectivity index (χ1) is 7.37. The van der Waals surface area contributed by atoms with Crippen LogP contribution < -0.4 is 10.6 Å². The number of hydrogen-bond acceptors (Lipinski definition) is 3. The first kappa shape index (κ1) is 15.2. The highest BCUT2D eigenvalue weighted by Gasteiger charge is 2.28. The van der Waals surface area contributed by atoms with Crippen LogP contribution in [-0.2, 0) is 4.79 Å². The predicted molar refractivity (Wildman–Crippen MR) is 52.8 cm³/mol. The minimum Gasteiger partial charge on any atom is -0.396 e. The molecule has 0 saturated carbocycles. The van der Waals surface area contributed by atoms with Gasteiger partial charge in [-0.05, 0) is 26.3 Å². The molecule has 16 heavy (non-hydrogen) atoms. The number of rotatable bonds is 7. The monoisotopic (exact) mass is 242 g/mol. The van der Waals surface area contributed by atoms with Crippen molar-refractivity contribution in [2.75, 3.05) is 19.7 Å². The Hall–Kier alpha value is -0.820. The lowest BCUT2D eigenvalue weighted by Crippen LogP contribution is -2.45. The van der Waals surface area contributed by atoms with E-state index in [4.69, 9.17) is 5.11 Å². The van der Waals surface area contributed by atoms with Crippen LogP contribution in [0.25, 0.3) is 0 Å². The number of nitrogens with one attached hydrogen (secondary N) is 2. The average molecular weight is 242 g/mol. The molecule has 0 radical (unpaired) electrons. The highest BCUT2D eigenvalue weighted by molar-refractivity contribution is 5.81. The number of aliphatic hydroxyl groups excluding tert-OH is 1. The molecule has 1 atom stereocenters. The van der Waals surface area contributed by atoms with Crippen LogP contribution in [-0.4, -0.2) is 42.9 Å².